The van der Waals surface area contributed by atoms with Crippen molar-refractivity contribution in [3.63, 3.8) is 0 Å². The van der Waals surface area contributed by atoms with Crippen LogP contribution < -0.4 is 0 Å². The second-order valence-electron chi connectivity index (χ2n) is 2.28. The van der Waals surface area contributed by atoms with E-state index in [1.807, 2.05) is 0 Å². The van der Waals surface area contributed by atoms with Crippen LogP contribution >= 0.6 is 0 Å². The summed E-state index contributed by atoms with van der Waals surface area (Å²) in [4.78, 5) is 2.91. The van der Waals surface area contributed by atoms with E-state index in [4.69, 9.17) is 5.11 Å². The monoisotopic (exact) mass is 183 g/mol. The molecule has 0 unspecified atom stereocenters. The van der Waals surface area contributed by atoms with Crippen molar-refractivity contribution in [2.75, 3.05) is 6.61 Å². The minimum Gasteiger partial charge on any atom is -0.395 e. The first-order valence-electron chi connectivity index (χ1n) is 3.65. The predicted molar refractivity (Wildman–Crippen MR) is 42.7 cm³/mol. The lowest BCUT2D eigenvalue weighted by Crippen LogP contribution is -1.89. The molecular weight excluding hydrogens is 176 g/mol. The highest BCUT2D eigenvalue weighted by Crippen LogP contribution is 2.02. The van der Waals surface area contributed by atoms with Crippen molar-refractivity contribution < 1.29 is 13.9 Å². The summed E-state index contributed by atoms with van der Waals surface area (Å²) in [5, 5.41) is 8.39. The zero-order valence-corrected chi connectivity index (χ0v) is 6.72. The molecule has 0 aliphatic heterocycles. The van der Waals surface area contributed by atoms with E-state index in [0.717, 1.165) is 12.1 Å². The standard InChI is InChI=1S/C9H7F2NO/c10-8-5-7(3-1-2-4-13)6-9(11)12-8/h5-6,13H,2,4H2. The summed E-state index contributed by atoms with van der Waals surface area (Å²) in [5.74, 6) is 3.25. The van der Waals surface area contributed by atoms with Crippen molar-refractivity contribution in [2.45, 2.75) is 6.42 Å². The van der Waals surface area contributed by atoms with Crippen LogP contribution in [0.25, 0.3) is 0 Å². The van der Waals surface area contributed by atoms with Crippen LogP contribution in [-0.2, 0) is 0 Å². The molecule has 1 N–H and O–H groups in total. The predicted octanol–water partition coefficient (Wildman–Crippen LogP) is 1.09. The summed E-state index contributed by atoms with van der Waals surface area (Å²) in [6.07, 6.45) is 0.283. The number of hydrogen-bond donors (Lipinski definition) is 1. The quantitative estimate of drug-likeness (QED) is 0.522. The van der Waals surface area contributed by atoms with Gasteiger partial charge >= 0.3 is 0 Å². The zero-order chi connectivity index (χ0) is 9.68. The fraction of sp³-hybridized carbons (Fsp3) is 0.222. The molecule has 0 radical (unpaired) electrons. The van der Waals surface area contributed by atoms with E-state index in [1.165, 1.54) is 0 Å². The van der Waals surface area contributed by atoms with Crippen molar-refractivity contribution >= 4 is 0 Å². The van der Waals surface area contributed by atoms with Gasteiger partial charge in [0.2, 0.25) is 11.9 Å². The van der Waals surface area contributed by atoms with Gasteiger partial charge in [-0.3, -0.25) is 0 Å². The molecular formula is C9H7F2NO. The molecule has 13 heavy (non-hydrogen) atoms. The average molecular weight is 183 g/mol. The van der Waals surface area contributed by atoms with Crippen LogP contribution in [0.1, 0.15) is 12.0 Å². The molecule has 0 fully saturated rings. The highest BCUT2D eigenvalue weighted by Gasteiger charge is 1.98. The van der Waals surface area contributed by atoms with E-state index < -0.39 is 11.9 Å². The summed E-state index contributed by atoms with van der Waals surface area (Å²) in [6, 6.07) is 2.07. The van der Waals surface area contributed by atoms with E-state index in [2.05, 4.69) is 16.8 Å². The number of hydrogen-bond acceptors (Lipinski definition) is 2. The summed E-state index contributed by atoms with van der Waals surface area (Å²) < 4.78 is 24.9. The maximum Gasteiger partial charge on any atom is 0.216 e. The number of aromatic nitrogens is 1. The molecule has 0 atom stereocenters. The van der Waals surface area contributed by atoms with E-state index in [9.17, 15) is 8.78 Å². The van der Waals surface area contributed by atoms with Gasteiger partial charge in [-0.05, 0) is 0 Å². The van der Waals surface area contributed by atoms with Crippen LogP contribution in [0.5, 0.6) is 0 Å². The first-order valence-corrected chi connectivity index (χ1v) is 3.65. The molecule has 0 aromatic carbocycles. The molecule has 1 aromatic rings. The van der Waals surface area contributed by atoms with Gasteiger partial charge in [0.15, 0.2) is 0 Å². The van der Waals surface area contributed by atoms with E-state index in [-0.39, 0.29) is 18.6 Å². The largest absolute Gasteiger partial charge is 0.395 e. The molecule has 4 heteroatoms. The maximum atomic E-state index is 12.5. The summed E-state index contributed by atoms with van der Waals surface area (Å²) in [5.41, 5.74) is 0.221. The Balaban J connectivity index is 2.85. The normalized spacial score (nSPS) is 9.15. The van der Waals surface area contributed by atoms with Gasteiger partial charge in [-0.15, -0.1) is 0 Å². The number of halogens is 2. The van der Waals surface area contributed by atoms with Crippen LogP contribution in [0.3, 0.4) is 0 Å². The third-order valence-electron chi connectivity index (χ3n) is 1.23. The minimum absolute atomic E-state index is 0.0664. The van der Waals surface area contributed by atoms with Crippen LogP contribution in [-0.4, -0.2) is 16.7 Å². The van der Waals surface area contributed by atoms with Gasteiger partial charge in [0, 0.05) is 24.1 Å². The molecule has 68 valence electrons. The molecule has 0 aliphatic rings. The van der Waals surface area contributed by atoms with Gasteiger partial charge in [-0.25, -0.2) is 0 Å². The number of rotatable bonds is 1. The first kappa shape index (κ1) is 9.62. The Bertz CT molecular complexity index is 334. The summed E-state index contributed by atoms with van der Waals surface area (Å²) in [6.45, 7) is -0.0664. The highest BCUT2D eigenvalue weighted by atomic mass is 19.1. The Kier molecular flexibility index (Phi) is 3.35. The van der Waals surface area contributed by atoms with Gasteiger partial charge in [0.25, 0.3) is 0 Å². The lowest BCUT2D eigenvalue weighted by molar-refractivity contribution is 0.305. The van der Waals surface area contributed by atoms with Crippen molar-refractivity contribution in [1.29, 1.82) is 0 Å². The van der Waals surface area contributed by atoms with Gasteiger partial charge < -0.3 is 5.11 Å². The van der Waals surface area contributed by atoms with Crippen molar-refractivity contribution in [2.24, 2.45) is 0 Å². The Morgan fingerprint density at radius 1 is 1.31 bits per heavy atom. The second kappa shape index (κ2) is 4.53. The van der Waals surface area contributed by atoms with Crippen LogP contribution in [0.4, 0.5) is 8.78 Å². The lowest BCUT2D eigenvalue weighted by atomic mass is 10.2. The van der Waals surface area contributed by atoms with Crippen molar-refractivity contribution in [3.05, 3.63) is 29.6 Å². The Morgan fingerprint density at radius 3 is 2.46 bits per heavy atom. The third-order valence-corrected chi connectivity index (χ3v) is 1.23. The van der Waals surface area contributed by atoms with E-state index >= 15 is 0 Å². The summed E-state index contributed by atoms with van der Waals surface area (Å²) in [7, 11) is 0. The fourth-order valence-corrected chi connectivity index (χ4v) is 0.758. The van der Waals surface area contributed by atoms with Crippen molar-refractivity contribution in [3.8, 4) is 11.8 Å². The van der Waals surface area contributed by atoms with Gasteiger partial charge in [-0.1, -0.05) is 11.8 Å². The Hall–Kier alpha value is -1.47. The van der Waals surface area contributed by atoms with E-state index in [1.54, 1.807) is 0 Å². The molecule has 0 aliphatic carbocycles. The van der Waals surface area contributed by atoms with Crippen LogP contribution in [0, 0.1) is 23.7 Å². The number of aliphatic hydroxyl groups excluding tert-OH is 1. The molecule has 2 nitrogen and oxygen atoms in total. The molecule has 0 saturated carbocycles. The smallest absolute Gasteiger partial charge is 0.216 e. The van der Waals surface area contributed by atoms with Crippen LogP contribution in [0.2, 0.25) is 0 Å². The number of aliphatic hydroxyl groups is 1. The average Bonchev–Trinajstić information content (AvgIpc) is 2.03. The Labute approximate surface area is 74.2 Å². The maximum absolute atomic E-state index is 12.5. The molecule has 1 aromatic heterocycles. The molecule has 1 rings (SSSR count). The molecule has 0 saturated heterocycles. The lowest BCUT2D eigenvalue weighted by Gasteiger charge is -1.91. The minimum atomic E-state index is -0.895. The number of nitrogens with zero attached hydrogens (tertiary/aromatic N) is 1. The van der Waals surface area contributed by atoms with Gasteiger partial charge in [-0.2, -0.15) is 13.8 Å². The van der Waals surface area contributed by atoms with Crippen LogP contribution in [0.15, 0.2) is 12.1 Å². The van der Waals surface area contributed by atoms with Gasteiger partial charge in [0.1, 0.15) is 0 Å². The topological polar surface area (TPSA) is 33.1 Å². The highest BCUT2D eigenvalue weighted by molar-refractivity contribution is 5.32. The first-order chi connectivity index (χ1) is 6.22. The SMILES string of the molecule is OCCC#Cc1cc(F)nc(F)c1. The molecule has 1 heterocycles. The fourth-order valence-electron chi connectivity index (χ4n) is 0.758. The third kappa shape index (κ3) is 3.18. The Morgan fingerprint density at radius 2 is 1.92 bits per heavy atom. The molecule has 0 amide bonds. The molecule has 0 spiro atoms. The number of pyridine rings is 1. The second-order valence-corrected chi connectivity index (χ2v) is 2.28. The van der Waals surface area contributed by atoms with E-state index in [0.29, 0.717) is 0 Å². The molecule has 0 bridgehead atoms. The zero-order valence-electron chi connectivity index (χ0n) is 6.72. The van der Waals surface area contributed by atoms with Gasteiger partial charge in [0.05, 0.1) is 6.61 Å². The van der Waals surface area contributed by atoms with Crippen molar-refractivity contribution in [1.82, 2.24) is 4.98 Å². The summed E-state index contributed by atoms with van der Waals surface area (Å²) >= 11 is 0.